The summed E-state index contributed by atoms with van der Waals surface area (Å²) in [5, 5.41) is 2.93. The number of hydrogen-bond acceptors (Lipinski definition) is 2. The molecule has 2 nitrogen and oxygen atoms in total. The molecular weight excluding hydrogens is 262 g/mol. The van der Waals surface area contributed by atoms with Gasteiger partial charge in [-0.05, 0) is 28.1 Å². The van der Waals surface area contributed by atoms with E-state index in [1.165, 1.54) is 0 Å². The molecule has 1 aromatic rings. The third-order valence-corrected chi connectivity index (χ3v) is 4.14. The van der Waals surface area contributed by atoms with E-state index in [-0.39, 0.29) is 11.8 Å². The molecule has 1 amide bonds. The van der Waals surface area contributed by atoms with Gasteiger partial charge in [0.05, 0.1) is 5.69 Å². The molecule has 2 rings (SSSR count). The second-order valence-corrected chi connectivity index (χ2v) is 5.23. The number of carbonyl (C=O) groups excluding carboxylic acids is 1. The van der Waals surface area contributed by atoms with Crippen LogP contribution in [0.2, 0.25) is 0 Å². The highest BCUT2D eigenvalue weighted by molar-refractivity contribution is 9.10. The Morgan fingerprint density at radius 1 is 1.57 bits per heavy atom. The molecule has 0 aromatic heterocycles. The number of halogens is 1. The van der Waals surface area contributed by atoms with Gasteiger partial charge in [0.15, 0.2) is 0 Å². The van der Waals surface area contributed by atoms with Crippen molar-refractivity contribution in [3.63, 3.8) is 0 Å². The van der Waals surface area contributed by atoms with Crippen LogP contribution in [0.4, 0.5) is 5.69 Å². The first kappa shape index (κ1) is 10.1. The summed E-state index contributed by atoms with van der Waals surface area (Å²) in [4.78, 5) is 12.7. The normalized spacial score (nSPS) is 21.0. The topological polar surface area (TPSA) is 29.1 Å². The average Bonchev–Trinajstić information content (AvgIpc) is 2.30. The fourth-order valence-electron chi connectivity index (χ4n) is 1.28. The maximum absolute atomic E-state index is 11.6. The number of rotatable bonds is 0. The average molecular weight is 272 g/mol. The van der Waals surface area contributed by atoms with Crippen molar-refractivity contribution in [1.82, 2.24) is 0 Å². The zero-order chi connectivity index (χ0) is 10.1. The zero-order valence-electron chi connectivity index (χ0n) is 7.71. The van der Waals surface area contributed by atoms with Crippen molar-refractivity contribution >= 4 is 39.3 Å². The largest absolute Gasteiger partial charge is 0.324 e. The zero-order valence-corrected chi connectivity index (χ0v) is 10.1. The molecule has 1 N–H and O–H groups in total. The second-order valence-electron chi connectivity index (χ2n) is 3.31. The number of para-hydroxylation sites is 1. The number of nitrogens with one attached hydrogen (secondary N) is 1. The van der Waals surface area contributed by atoms with Crippen LogP contribution in [0.1, 0.15) is 6.92 Å². The first-order valence-corrected chi connectivity index (χ1v) is 6.18. The Morgan fingerprint density at radius 2 is 2.36 bits per heavy atom. The lowest BCUT2D eigenvalue weighted by molar-refractivity contribution is -0.118. The van der Waals surface area contributed by atoms with E-state index in [1.54, 1.807) is 11.8 Å². The van der Waals surface area contributed by atoms with Gasteiger partial charge in [-0.15, -0.1) is 11.8 Å². The summed E-state index contributed by atoms with van der Waals surface area (Å²) < 4.78 is 0.949. The van der Waals surface area contributed by atoms with Gasteiger partial charge >= 0.3 is 0 Å². The smallest absolute Gasteiger partial charge is 0.228 e. The first-order valence-electron chi connectivity index (χ1n) is 4.40. The summed E-state index contributed by atoms with van der Waals surface area (Å²) in [6, 6.07) is 5.96. The van der Waals surface area contributed by atoms with Crippen LogP contribution >= 0.6 is 27.7 Å². The van der Waals surface area contributed by atoms with Gasteiger partial charge in [-0.1, -0.05) is 13.0 Å². The minimum atomic E-state index is 0.0688. The maximum atomic E-state index is 11.6. The van der Waals surface area contributed by atoms with Gasteiger partial charge in [0, 0.05) is 21.0 Å². The van der Waals surface area contributed by atoms with Crippen LogP contribution in [0.3, 0.4) is 0 Å². The molecule has 0 saturated carbocycles. The van der Waals surface area contributed by atoms with Crippen molar-refractivity contribution in [3.8, 4) is 0 Å². The van der Waals surface area contributed by atoms with E-state index in [2.05, 4.69) is 21.2 Å². The number of benzene rings is 1. The van der Waals surface area contributed by atoms with Crippen LogP contribution in [0.15, 0.2) is 27.6 Å². The van der Waals surface area contributed by atoms with E-state index in [4.69, 9.17) is 0 Å². The highest BCUT2D eigenvalue weighted by Crippen LogP contribution is 2.37. The number of thioether (sulfide) groups is 1. The monoisotopic (exact) mass is 271 g/mol. The van der Waals surface area contributed by atoms with Crippen molar-refractivity contribution < 1.29 is 4.79 Å². The Morgan fingerprint density at radius 3 is 3.14 bits per heavy atom. The molecule has 1 aromatic carbocycles. The maximum Gasteiger partial charge on any atom is 0.228 e. The minimum Gasteiger partial charge on any atom is -0.324 e. The predicted octanol–water partition coefficient (Wildman–Crippen LogP) is 3.13. The quantitative estimate of drug-likeness (QED) is 0.786. The van der Waals surface area contributed by atoms with Gasteiger partial charge in [-0.3, -0.25) is 4.79 Å². The number of amides is 1. The van der Waals surface area contributed by atoms with Crippen molar-refractivity contribution in [2.24, 2.45) is 5.92 Å². The lowest BCUT2D eigenvalue weighted by Crippen LogP contribution is -2.20. The van der Waals surface area contributed by atoms with Crippen LogP contribution < -0.4 is 5.32 Å². The van der Waals surface area contributed by atoms with Crippen LogP contribution in [0.25, 0.3) is 0 Å². The third-order valence-electron chi connectivity index (χ3n) is 2.16. The molecule has 74 valence electrons. The van der Waals surface area contributed by atoms with Crippen molar-refractivity contribution in [2.75, 3.05) is 11.1 Å². The highest BCUT2D eigenvalue weighted by atomic mass is 79.9. The summed E-state index contributed by atoms with van der Waals surface area (Å²) in [5.41, 5.74) is 0.909. The predicted molar refractivity (Wildman–Crippen MR) is 62.7 cm³/mol. The number of fused-ring (bicyclic) bond motifs is 1. The molecule has 0 bridgehead atoms. The van der Waals surface area contributed by atoms with Crippen LogP contribution in [-0.2, 0) is 4.79 Å². The molecule has 0 aliphatic carbocycles. The number of hydrogen-bond donors (Lipinski definition) is 1. The minimum absolute atomic E-state index is 0.0688. The van der Waals surface area contributed by atoms with E-state index >= 15 is 0 Å². The van der Waals surface area contributed by atoms with E-state index in [0.29, 0.717) is 0 Å². The summed E-state index contributed by atoms with van der Waals surface area (Å²) >= 11 is 5.16. The van der Waals surface area contributed by atoms with Gasteiger partial charge in [-0.2, -0.15) is 0 Å². The molecule has 4 heteroatoms. The van der Waals surface area contributed by atoms with Crippen molar-refractivity contribution in [2.45, 2.75) is 11.8 Å². The Bertz CT molecular complexity index is 380. The van der Waals surface area contributed by atoms with Crippen molar-refractivity contribution in [3.05, 3.63) is 22.7 Å². The molecular formula is C10H10BrNOS. The molecule has 0 saturated heterocycles. The highest BCUT2D eigenvalue weighted by Gasteiger charge is 2.21. The second kappa shape index (κ2) is 3.95. The van der Waals surface area contributed by atoms with Gasteiger partial charge in [0.1, 0.15) is 0 Å². The third kappa shape index (κ3) is 1.81. The lowest BCUT2D eigenvalue weighted by atomic mass is 10.2. The first-order chi connectivity index (χ1) is 6.68. The lowest BCUT2D eigenvalue weighted by Gasteiger charge is -2.08. The SMILES string of the molecule is CC1CSc2cccc(Br)c2NC1=O. The van der Waals surface area contributed by atoms with E-state index in [9.17, 15) is 4.79 Å². The van der Waals surface area contributed by atoms with E-state index < -0.39 is 0 Å². The Hall–Kier alpha value is -0.480. The van der Waals surface area contributed by atoms with Gasteiger partial charge in [-0.25, -0.2) is 0 Å². The Balaban J connectivity index is 2.43. The molecule has 1 aliphatic heterocycles. The molecule has 1 unspecified atom stereocenters. The Kier molecular flexibility index (Phi) is 2.83. The van der Waals surface area contributed by atoms with Gasteiger partial charge < -0.3 is 5.32 Å². The molecule has 1 atom stereocenters. The molecule has 0 fully saturated rings. The standard InChI is InChI=1S/C10H10BrNOS/c1-6-5-14-8-4-2-3-7(11)9(8)12-10(6)13/h2-4,6H,5H2,1H3,(H,12,13). The van der Waals surface area contributed by atoms with Gasteiger partial charge in [0.2, 0.25) is 5.91 Å². The molecule has 0 radical (unpaired) electrons. The summed E-state index contributed by atoms with van der Waals surface area (Å²) in [5.74, 6) is 1.01. The number of anilines is 1. The van der Waals surface area contributed by atoms with E-state index in [0.717, 1.165) is 20.8 Å². The van der Waals surface area contributed by atoms with E-state index in [1.807, 2.05) is 25.1 Å². The fraction of sp³-hybridized carbons (Fsp3) is 0.300. The van der Waals surface area contributed by atoms with Crippen LogP contribution in [0, 0.1) is 5.92 Å². The Labute approximate surface area is 95.6 Å². The molecule has 1 heterocycles. The summed E-state index contributed by atoms with van der Waals surface area (Å²) in [6.45, 7) is 1.95. The summed E-state index contributed by atoms with van der Waals surface area (Å²) in [6.07, 6.45) is 0. The van der Waals surface area contributed by atoms with Crippen molar-refractivity contribution in [1.29, 1.82) is 0 Å². The molecule has 14 heavy (non-hydrogen) atoms. The van der Waals surface area contributed by atoms with Gasteiger partial charge in [0.25, 0.3) is 0 Å². The van der Waals surface area contributed by atoms with Crippen LogP contribution in [-0.4, -0.2) is 11.7 Å². The number of carbonyl (C=O) groups is 1. The fourth-order valence-corrected chi connectivity index (χ4v) is 2.94. The molecule has 0 spiro atoms. The summed E-state index contributed by atoms with van der Waals surface area (Å²) in [7, 11) is 0. The molecule has 1 aliphatic rings. The van der Waals surface area contributed by atoms with Crippen LogP contribution in [0.5, 0.6) is 0 Å².